The lowest BCUT2D eigenvalue weighted by Crippen LogP contribution is -2.50. The predicted octanol–water partition coefficient (Wildman–Crippen LogP) is 2.51. The van der Waals surface area contributed by atoms with Crippen LogP contribution in [0.2, 0.25) is 0 Å². The highest BCUT2D eigenvalue weighted by Crippen LogP contribution is 2.25. The zero-order valence-electron chi connectivity index (χ0n) is 14.0. The van der Waals surface area contributed by atoms with Crippen LogP contribution in [0, 0.1) is 5.41 Å². The van der Waals surface area contributed by atoms with Crippen LogP contribution in [0.25, 0.3) is 0 Å². The summed E-state index contributed by atoms with van der Waals surface area (Å²) in [6, 6.07) is 11.7. The van der Waals surface area contributed by atoms with Gasteiger partial charge in [-0.15, -0.1) is 0 Å². The molecular formula is C19H22N2O3. The second kappa shape index (κ2) is 6.51. The van der Waals surface area contributed by atoms with Gasteiger partial charge >= 0.3 is 0 Å². The van der Waals surface area contributed by atoms with Gasteiger partial charge in [0.2, 0.25) is 11.8 Å². The summed E-state index contributed by atoms with van der Waals surface area (Å²) in [6.45, 7) is 4.83. The van der Waals surface area contributed by atoms with E-state index in [4.69, 9.17) is 4.42 Å². The molecule has 0 aliphatic carbocycles. The van der Waals surface area contributed by atoms with Crippen molar-refractivity contribution in [1.82, 2.24) is 10.2 Å². The fourth-order valence-electron chi connectivity index (χ4n) is 2.96. The SMILES string of the molecule is CC(C)(C(=O)NCc1ccco1)C(=O)N1CCc2ccccc2C1. The van der Waals surface area contributed by atoms with Crippen molar-refractivity contribution in [2.45, 2.75) is 33.4 Å². The molecular weight excluding hydrogens is 304 g/mol. The molecule has 1 N–H and O–H groups in total. The lowest BCUT2D eigenvalue weighted by molar-refractivity contribution is -0.149. The molecule has 0 unspecified atom stereocenters. The summed E-state index contributed by atoms with van der Waals surface area (Å²) in [4.78, 5) is 27.1. The minimum atomic E-state index is -1.11. The molecule has 0 bridgehead atoms. The maximum absolute atomic E-state index is 12.9. The zero-order valence-corrected chi connectivity index (χ0v) is 14.0. The largest absolute Gasteiger partial charge is 0.467 e. The van der Waals surface area contributed by atoms with Gasteiger partial charge in [-0.25, -0.2) is 0 Å². The van der Waals surface area contributed by atoms with Crippen molar-refractivity contribution in [2.75, 3.05) is 6.54 Å². The molecule has 2 heterocycles. The summed E-state index contributed by atoms with van der Waals surface area (Å²) in [5, 5.41) is 2.78. The Bertz CT molecular complexity index is 735. The van der Waals surface area contributed by atoms with Gasteiger partial charge in [-0.2, -0.15) is 0 Å². The van der Waals surface area contributed by atoms with E-state index in [0.717, 1.165) is 12.0 Å². The molecule has 1 aliphatic rings. The molecule has 0 saturated carbocycles. The van der Waals surface area contributed by atoms with Crippen LogP contribution >= 0.6 is 0 Å². The summed E-state index contributed by atoms with van der Waals surface area (Å²) in [5.74, 6) is 0.232. The van der Waals surface area contributed by atoms with Gasteiger partial charge in [0.1, 0.15) is 11.2 Å². The number of nitrogens with one attached hydrogen (secondary N) is 1. The second-order valence-corrected chi connectivity index (χ2v) is 6.63. The Labute approximate surface area is 141 Å². The van der Waals surface area contributed by atoms with Gasteiger partial charge in [-0.05, 0) is 43.5 Å². The number of benzene rings is 1. The van der Waals surface area contributed by atoms with E-state index in [9.17, 15) is 9.59 Å². The van der Waals surface area contributed by atoms with Crippen molar-refractivity contribution in [2.24, 2.45) is 5.41 Å². The number of nitrogens with zero attached hydrogens (tertiary/aromatic N) is 1. The van der Waals surface area contributed by atoms with E-state index < -0.39 is 5.41 Å². The van der Waals surface area contributed by atoms with E-state index in [0.29, 0.717) is 18.8 Å². The first kappa shape index (κ1) is 16.3. The molecule has 5 nitrogen and oxygen atoms in total. The highest BCUT2D eigenvalue weighted by atomic mass is 16.3. The molecule has 2 aromatic rings. The number of hydrogen-bond donors (Lipinski definition) is 1. The highest BCUT2D eigenvalue weighted by Gasteiger charge is 2.39. The summed E-state index contributed by atoms with van der Waals surface area (Å²) in [7, 11) is 0. The van der Waals surface area contributed by atoms with Gasteiger partial charge in [-0.3, -0.25) is 9.59 Å². The van der Waals surface area contributed by atoms with E-state index in [1.807, 2.05) is 18.2 Å². The standard InChI is InChI=1S/C19H22N2O3/c1-19(2,17(22)20-12-16-8-5-11-24-16)18(23)21-10-9-14-6-3-4-7-15(14)13-21/h3-8,11H,9-10,12-13H2,1-2H3,(H,20,22). The van der Waals surface area contributed by atoms with Crippen molar-refractivity contribution >= 4 is 11.8 Å². The van der Waals surface area contributed by atoms with Gasteiger partial charge in [0.25, 0.3) is 0 Å². The third-order valence-corrected chi connectivity index (χ3v) is 4.52. The van der Waals surface area contributed by atoms with Gasteiger partial charge in [0.15, 0.2) is 0 Å². The van der Waals surface area contributed by atoms with Crippen LogP contribution in [0.1, 0.15) is 30.7 Å². The Morgan fingerprint density at radius 3 is 2.62 bits per heavy atom. The third-order valence-electron chi connectivity index (χ3n) is 4.52. The molecule has 0 spiro atoms. The number of rotatable bonds is 4. The van der Waals surface area contributed by atoms with Crippen LogP contribution in [0.5, 0.6) is 0 Å². The van der Waals surface area contributed by atoms with Crippen molar-refractivity contribution in [3.8, 4) is 0 Å². The van der Waals surface area contributed by atoms with E-state index in [1.165, 1.54) is 5.56 Å². The van der Waals surface area contributed by atoms with Crippen molar-refractivity contribution in [3.63, 3.8) is 0 Å². The first-order valence-corrected chi connectivity index (χ1v) is 8.15. The van der Waals surface area contributed by atoms with Gasteiger partial charge in [0, 0.05) is 13.1 Å². The number of amides is 2. The lowest BCUT2D eigenvalue weighted by Gasteiger charge is -2.34. The molecule has 5 heteroatoms. The van der Waals surface area contributed by atoms with Crippen molar-refractivity contribution in [1.29, 1.82) is 0 Å². The first-order valence-electron chi connectivity index (χ1n) is 8.15. The van der Waals surface area contributed by atoms with Gasteiger partial charge in [0.05, 0.1) is 12.8 Å². The van der Waals surface area contributed by atoms with Crippen LogP contribution in [-0.4, -0.2) is 23.3 Å². The summed E-state index contributed by atoms with van der Waals surface area (Å²) < 4.78 is 5.20. The molecule has 1 aromatic carbocycles. The summed E-state index contributed by atoms with van der Waals surface area (Å²) >= 11 is 0. The maximum atomic E-state index is 12.9. The minimum absolute atomic E-state index is 0.144. The zero-order chi connectivity index (χ0) is 17.2. The molecule has 0 saturated heterocycles. The Balaban J connectivity index is 1.65. The number of carbonyl (C=O) groups is 2. The van der Waals surface area contributed by atoms with Gasteiger partial charge < -0.3 is 14.6 Å². The lowest BCUT2D eigenvalue weighted by atomic mass is 9.88. The normalized spacial score (nSPS) is 14.2. The van der Waals surface area contributed by atoms with Crippen molar-refractivity contribution < 1.29 is 14.0 Å². The Kier molecular flexibility index (Phi) is 4.42. The predicted molar refractivity (Wildman–Crippen MR) is 89.9 cm³/mol. The Hall–Kier alpha value is -2.56. The van der Waals surface area contributed by atoms with Crippen LogP contribution in [0.3, 0.4) is 0 Å². The quantitative estimate of drug-likeness (QED) is 0.878. The molecule has 0 fully saturated rings. The number of carbonyl (C=O) groups excluding carboxylic acids is 2. The third kappa shape index (κ3) is 3.20. The number of hydrogen-bond acceptors (Lipinski definition) is 3. The van der Waals surface area contributed by atoms with E-state index in [1.54, 1.807) is 37.1 Å². The van der Waals surface area contributed by atoms with E-state index in [-0.39, 0.29) is 18.4 Å². The molecule has 0 radical (unpaired) electrons. The Morgan fingerprint density at radius 2 is 1.92 bits per heavy atom. The first-order chi connectivity index (χ1) is 11.5. The van der Waals surface area contributed by atoms with E-state index >= 15 is 0 Å². The highest BCUT2D eigenvalue weighted by molar-refractivity contribution is 6.04. The van der Waals surface area contributed by atoms with Crippen LogP contribution in [0.15, 0.2) is 47.1 Å². The smallest absolute Gasteiger partial charge is 0.238 e. The summed E-state index contributed by atoms with van der Waals surface area (Å²) in [5.41, 5.74) is 1.32. The summed E-state index contributed by atoms with van der Waals surface area (Å²) in [6.07, 6.45) is 2.38. The topological polar surface area (TPSA) is 62.6 Å². The molecule has 1 aliphatic heterocycles. The maximum Gasteiger partial charge on any atom is 0.238 e. The molecule has 126 valence electrons. The van der Waals surface area contributed by atoms with Crippen LogP contribution < -0.4 is 5.32 Å². The monoisotopic (exact) mass is 326 g/mol. The minimum Gasteiger partial charge on any atom is -0.467 e. The Morgan fingerprint density at radius 1 is 1.17 bits per heavy atom. The number of fused-ring (bicyclic) bond motifs is 1. The van der Waals surface area contributed by atoms with Gasteiger partial charge in [-0.1, -0.05) is 24.3 Å². The second-order valence-electron chi connectivity index (χ2n) is 6.63. The molecule has 24 heavy (non-hydrogen) atoms. The van der Waals surface area contributed by atoms with Crippen LogP contribution in [0.4, 0.5) is 0 Å². The van der Waals surface area contributed by atoms with E-state index in [2.05, 4.69) is 11.4 Å². The molecule has 1 aromatic heterocycles. The average molecular weight is 326 g/mol. The van der Waals surface area contributed by atoms with Crippen molar-refractivity contribution in [3.05, 3.63) is 59.5 Å². The fourth-order valence-corrected chi connectivity index (χ4v) is 2.96. The molecule has 0 atom stereocenters. The molecule has 3 rings (SSSR count). The fraction of sp³-hybridized carbons (Fsp3) is 0.368. The van der Waals surface area contributed by atoms with Crippen LogP contribution in [-0.2, 0) is 29.1 Å². The molecule has 2 amide bonds. The average Bonchev–Trinajstić information content (AvgIpc) is 3.12. The number of furan rings is 1.